The predicted octanol–water partition coefficient (Wildman–Crippen LogP) is 4.24. The number of carbonyl (C=O) groups is 2. The van der Waals surface area contributed by atoms with E-state index in [2.05, 4.69) is 5.32 Å². The number of sulfonamides is 1. The van der Waals surface area contributed by atoms with Crippen LogP contribution in [0.2, 0.25) is 10.0 Å². The van der Waals surface area contributed by atoms with Crippen molar-refractivity contribution in [1.82, 2.24) is 4.31 Å². The van der Waals surface area contributed by atoms with Crippen molar-refractivity contribution in [3.63, 3.8) is 0 Å². The highest BCUT2D eigenvalue weighted by atomic mass is 35.5. The summed E-state index contributed by atoms with van der Waals surface area (Å²) in [5.41, 5.74) is 0.924. The molecule has 0 radical (unpaired) electrons. The normalized spacial score (nSPS) is 11.5. The maximum Gasteiger partial charge on any atom is 0.242 e. The number of Topliss-reactive ketones (excluding diaryl/α,β-unsaturated/α-hetero) is 1. The monoisotopic (exact) mass is 442 g/mol. The van der Waals surface area contributed by atoms with Crippen LogP contribution in [0.5, 0.6) is 0 Å². The molecule has 0 aliphatic rings. The van der Waals surface area contributed by atoms with Crippen LogP contribution in [0.3, 0.4) is 0 Å². The lowest BCUT2D eigenvalue weighted by molar-refractivity contribution is -0.116. The SMILES string of the molecule is CC(=O)c1ccc(S(=O)(=O)N(C)CCCC(=O)Nc2cc(Cl)cc(Cl)c2)cc1. The van der Waals surface area contributed by atoms with Crippen LogP contribution in [-0.4, -0.2) is 38.0 Å². The van der Waals surface area contributed by atoms with Crippen LogP contribution in [0.15, 0.2) is 47.4 Å². The number of anilines is 1. The zero-order chi connectivity index (χ0) is 20.9. The first-order valence-corrected chi connectivity index (χ1v) is 10.6. The number of carbonyl (C=O) groups excluding carboxylic acids is 2. The summed E-state index contributed by atoms with van der Waals surface area (Å²) < 4.78 is 26.3. The van der Waals surface area contributed by atoms with Crippen LogP contribution in [0.1, 0.15) is 30.1 Å². The average Bonchev–Trinajstić information content (AvgIpc) is 2.60. The van der Waals surface area contributed by atoms with Crippen LogP contribution < -0.4 is 5.32 Å². The summed E-state index contributed by atoms with van der Waals surface area (Å²) in [5, 5.41) is 3.49. The number of ketones is 1. The number of halogens is 2. The predicted molar refractivity (Wildman–Crippen MR) is 111 cm³/mol. The highest BCUT2D eigenvalue weighted by Crippen LogP contribution is 2.22. The van der Waals surface area contributed by atoms with E-state index < -0.39 is 10.0 Å². The summed E-state index contributed by atoms with van der Waals surface area (Å²) in [6.45, 7) is 1.58. The van der Waals surface area contributed by atoms with E-state index in [1.54, 1.807) is 18.2 Å². The van der Waals surface area contributed by atoms with Crippen LogP contribution in [0.4, 0.5) is 5.69 Å². The number of benzene rings is 2. The lowest BCUT2D eigenvalue weighted by atomic mass is 10.2. The Hall–Kier alpha value is -1.93. The molecule has 0 unspecified atom stereocenters. The maximum absolute atomic E-state index is 12.6. The maximum atomic E-state index is 12.6. The minimum absolute atomic E-state index is 0.0954. The van der Waals surface area contributed by atoms with E-state index in [1.807, 2.05) is 0 Å². The molecule has 0 aliphatic carbocycles. The Labute approximate surface area is 174 Å². The second-order valence-electron chi connectivity index (χ2n) is 6.22. The van der Waals surface area contributed by atoms with Gasteiger partial charge >= 0.3 is 0 Å². The van der Waals surface area contributed by atoms with Crippen LogP contribution in [0, 0.1) is 0 Å². The highest BCUT2D eigenvalue weighted by molar-refractivity contribution is 7.89. The fraction of sp³-hybridized carbons (Fsp3) is 0.263. The van der Waals surface area contributed by atoms with Gasteiger partial charge in [-0.15, -0.1) is 0 Å². The van der Waals surface area contributed by atoms with E-state index in [-0.39, 0.29) is 29.6 Å². The molecule has 2 rings (SSSR count). The molecule has 0 aliphatic heterocycles. The molecule has 150 valence electrons. The van der Waals surface area contributed by atoms with Crippen molar-refractivity contribution >= 4 is 50.6 Å². The lowest BCUT2D eigenvalue weighted by Crippen LogP contribution is -2.28. The topological polar surface area (TPSA) is 83.6 Å². The zero-order valence-electron chi connectivity index (χ0n) is 15.4. The molecule has 9 heteroatoms. The highest BCUT2D eigenvalue weighted by Gasteiger charge is 2.20. The molecule has 0 saturated heterocycles. The van der Waals surface area contributed by atoms with Gasteiger partial charge in [-0.25, -0.2) is 12.7 Å². The van der Waals surface area contributed by atoms with Gasteiger partial charge in [-0.2, -0.15) is 0 Å². The summed E-state index contributed by atoms with van der Waals surface area (Å²) in [6.07, 6.45) is 0.467. The minimum atomic E-state index is -3.69. The number of nitrogens with one attached hydrogen (secondary N) is 1. The molecule has 1 N–H and O–H groups in total. The number of nitrogens with zero attached hydrogens (tertiary/aromatic N) is 1. The van der Waals surface area contributed by atoms with E-state index in [0.717, 1.165) is 0 Å². The van der Waals surface area contributed by atoms with Gasteiger partial charge in [0.25, 0.3) is 0 Å². The first-order chi connectivity index (χ1) is 13.1. The minimum Gasteiger partial charge on any atom is -0.326 e. The molecule has 0 spiro atoms. The van der Waals surface area contributed by atoms with E-state index in [9.17, 15) is 18.0 Å². The van der Waals surface area contributed by atoms with E-state index in [1.165, 1.54) is 42.5 Å². The van der Waals surface area contributed by atoms with Gasteiger partial charge in [0.2, 0.25) is 15.9 Å². The summed E-state index contributed by atoms with van der Waals surface area (Å²) in [6, 6.07) is 10.5. The van der Waals surface area contributed by atoms with Gasteiger partial charge in [-0.1, -0.05) is 35.3 Å². The number of hydrogen-bond donors (Lipinski definition) is 1. The van der Waals surface area contributed by atoms with Gasteiger partial charge < -0.3 is 5.32 Å². The summed E-state index contributed by atoms with van der Waals surface area (Å²) in [7, 11) is -2.25. The van der Waals surface area contributed by atoms with Gasteiger partial charge in [-0.05, 0) is 43.7 Å². The summed E-state index contributed by atoms with van der Waals surface area (Å²) in [5.74, 6) is -0.403. The van der Waals surface area contributed by atoms with E-state index >= 15 is 0 Å². The second kappa shape index (κ2) is 9.52. The first kappa shape index (κ1) is 22.4. The third-order valence-corrected chi connectivity index (χ3v) is 6.30. The van der Waals surface area contributed by atoms with Gasteiger partial charge in [0.15, 0.2) is 5.78 Å². The van der Waals surface area contributed by atoms with E-state index in [4.69, 9.17) is 23.2 Å². The fourth-order valence-corrected chi connectivity index (χ4v) is 4.21. The smallest absolute Gasteiger partial charge is 0.242 e. The lowest BCUT2D eigenvalue weighted by Gasteiger charge is -2.17. The van der Waals surface area contributed by atoms with Crippen LogP contribution in [0.25, 0.3) is 0 Å². The molecule has 28 heavy (non-hydrogen) atoms. The standard InChI is InChI=1S/C19H20Cl2N2O4S/c1-13(24)14-5-7-18(8-6-14)28(26,27)23(2)9-3-4-19(25)22-17-11-15(20)10-16(21)12-17/h5-8,10-12H,3-4,9H2,1-2H3,(H,22,25). The number of hydrogen-bond acceptors (Lipinski definition) is 4. The first-order valence-electron chi connectivity index (χ1n) is 8.43. The Balaban J connectivity index is 1.90. The van der Waals surface area contributed by atoms with Gasteiger partial charge in [0.05, 0.1) is 4.90 Å². The molecule has 0 bridgehead atoms. The van der Waals surface area contributed by atoms with Crippen molar-refractivity contribution in [3.8, 4) is 0 Å². The third-order valence-electron chi connectivity index (χ3n) is 3.99. The van der Waals surface area contributed by atoms with Crippen molar-refractivity contribution in [2.45, 2.75) is 24.7 Å². The molecule has 0 atom stereocenters. The van der Waals surface area contributed by atoms with Crippen molar-refractivity contribution in [2.75, 3.05) is 18.9 Å². The van der Waals surface area contributed by atoms with Gasteiger partial charge in [0.1, 0.15) is 0 Å². The van der Waals surface area contributed by atoms with Crippen LogP contribution in [-0.2, 0) is 14.8 Å². The third kappa shape index (κ3) is 6.04. The summed E-state index contributed by atoms with van der Waals surface area (Å²) in [4.78, 5) is 23.4. The van der Waals surface area contributed by atoms with Crippen LogP contribution >= 0.6 is 23.2 Å². The number of rotatable bonds is 8. The van der Waals surface area contributed by atoms with E-state index in [0.29, 0.717) is 27.7 Å². The molecule has 6 nitrogen and oxygen atoms in total. The molecule has 0 fully saturated rings. The van der Waals surface area contributed by atoms with Crippen molar-refractivity contribution in [3.05, 3.63) is 58.1 Å². The van der Waals surface area contributed by atoms with Crippen molar-refractivity contribution in [2.24, 2.45) is 0 Å². The quantitative estimate of drug-likeness (QED) is 0.619. The molecular formula is C19H20Cl2N2O4S. The summed E-state index contributed by atoms with van der Waals surface area (Å²) >= 11 is 11.8. The molecule has 2 aromatic carbocycles. The second-order valence-corrected chi connectivity index (χ2v) is 9.13. The number of amides is 1. The molecule has 2 aromatic rings. The zero-order valence-corrected chi connectivity index (χ0v) is 17.7. The van der Waals surface area contributed by atoms with Gasteiger partial charge in [0, 0.05) is 41.3 Å². The van der Waals surface area contributed by atoms with Gasteiger partial charge in [-0.3, -0.25) is 9.59 Å². The largest absolute Gasteiger partial charge is 0.326 e. The van der Waals surface area contributed by atoms with Crippen molar-refractivity contribution < 1.29 is 18.0 Å². The fourth-order valence-electron chi connectivity index (χ4n) is 2.47. The Morgan fingerprint density at radius 2 is 1.61 bits per heavy atom. The molecular weight excluding hydrogens is 423 g/mol. The Morgan fingerprint density at radius 3 is 2.14 bits per heavy atom. The van der Waals surface area contributed by atoms with Crippen molar-refractivity contribution in [1.29, 1.82) is 0 Å². The Morgan fingerprint density at radius 1 is 1.04 bits per heavy atom. The molecule has 0 heterocycles. The Kier molecular flexibility index (Phi) is 7.60. The average molecular weight is 443 g/mol. The molecule has 0 saturated carbocycles. The molecule has 1 amide bonds. The molecule has 0 aromatic heterocycles. The Bertz CT molecular complexity index is 956.